The molecule has 0 fully saturated rings. The average molecular weight is 367 g/mol. The molecular formula is C19H14FN3O2S. The van der Waals surface area contributed by atoms with Crippen molar-refractivity contribution in [1.82, 2.24) is 15.0 Å². The predicted octanol–water partition coefficient (Wildman–Crippen LogP) is 3.74. The molecule has 0 aliphatic carbocycles. The molecule has 0 amide bonds. The summed E-state index contributed by atoms with van der Waals surface area (Å²) in [4.78, 5) is 11.9. The summed E-state index contributed by atoms with van der Waals surface area (Å²) in [6, 6.07) is 16.0. The molecule has 0 atom stereocenters. The molecule has 0 aliphatic rings. The van der Waals surface area contributed by atoms with Crippen LogP contribution in [0.1, 0.15) is 5.56 Å². The molecule has 130 valence electrons. The van der Waals surface area contributed by atoms with Crippen molar-refractivity contribution < 1.29 is 12.8 Å². The summed E-state index contributed by atoms with van der Waals surface area (Å²) in [7, 11) is -3.69. The number of aromatic amines is 1. The maximum absolute atomic E-state index is 13.8. The first kappa shape index (κ1) is 16.4. The summed E-state index contributed by atoms with van der Waals surface area (Å²) in [6.45, 7) is 0. The van der Waals surface area contributed by atoms with Crippen LogP contribution in [0.25, 0.3) is 22.6 Å². The third kappa shape index (κ3) is 3.09. The van der Waals surface area contributed by atoms with Gasteiger partial charge in [-0.1, -0.05) is 24.3 Å². The highest BCUT2D eigenvalue weighted by Gasteiger charge is 2.19. The van der Waals surface area contributed by atoms with Crippen LogP contribution < -0.4 is 0 Å². The minimum absolute atomic E-state index is 0.115. The number of H-pyrrole nitrogens is 1. The Hall–Kier alpha value is -3.06. The molecule has 0 radical (unpaired) electrons. The number of benzene rings is 2. The lowest BCUT2D eigenvalue weighted by molar-refractivity contribution is 0.587. The van der Waals surface area contributed by atoms with Crippen LogP contribution in [0.5, 0.6) is 0 Å². The van der Waals surface area contributed by atoms with E-state index in [-0.39, 0.29) is 10.5 Å². The number of hydrogen-bond acceptors (Lipinski definition) is 4. The number of nitrogens with one attached hydrogen (secondary N) is 1. The fourth-order valence-corrected chi connectivity index (χ4v) is 4.09. The molecule has 5 nitrogen and oxygen atoms in total. The zero-order valence-corrected chi connectivity index (χ0v) is 14.4. The van der Waals surface area contributed by atoms with Gasteiger partial charge in [0.2, 0.25) is 0 Å². The van der Waals surface area contributed by atoms with Gasteiger partial charge < -0.3 is 4.98 Å². The van der Waals surface area contributed by atoms with Gasteiger partial charge in [0.25, 0.3) is 0 Å². The first-order valence-electron chi connectivity index (χ1n) is 7.90. The molecule has 0 spiro atoms. The molecule has 1 N–H and O–H groups in total. The molecule has 2 aromatic heterocycles. The SMILES string of the molecule is O=S(=O)(Cc1ccccc1F)c1ccc2nc(-c3ccccn3)[nH]c2c1. The Morgan fingerprint density at radius 1 is 1.00 bits per heavy atom. The van der Waals surface area contributed by atoms with E-state index in [1.54, 1.807) is 24.4 Å². The second-order valence-electron chi connectivity index (χ2n) is 5.83. The second kappa shape index (κ2) is 6.34. The van der Waals surface area contributed by atoms with Crippen molar-refractivity contribution in [3.05, 3.63) is 78.2 Å². The Balaban J connectivity index is 1.72. The van der Waals surface area contributed by atoms with E-state index in [2.05, 4.69) is 15.0 Å². The number of hydrogen-bond donors (Lipinski definition) is 1. The van der Waals surface area contributed by atoms with Crippen LogP contribution >= 0.6 is 0 Å². The van der Waals surface area contributed by atoms with Gasteiger partial charge in [0.05, 0.1) is 21.7 Å². The van der Waals surface area contributed by atoms with E-state index in [9.17, 15) is 12.8 Å². The molecule has 4 aromatic rings. The Morgan fingerprint density at radius 2 is 1.81 bits per heavy atom. The standard InChI is InChI=1S/C19H14FN3O2S/c20-15-6-2-1-5-13(15)12-26(24,25)14-8-9-16-18(11-14)23-19(22-16)17-7-3-4-10-21-17/h1-11H,12H2,(H,22,23). The summed E-state index contributed by atoms with van der Waals surface area (Å²) in [5.74, 6) is -0.368. The van der Waals surface area contributed by atoms with Crippen LogP contribution in [0.3, 0.4) is 0 Å². The quantitative estimate of drug-likeness (QED) is 0.596. The van der Waals surface area contributed by atoms with E-state index >= 15 is 0 Å². The van der Waals surface area contributed by atoms with Gasteiger partial charge in [-0.05, 0) is 36.4 Å². The largest absolute Gasteiger partial charge is 0.337 e. The van der Waals surface area contributed by atoms with Gasteiger partial charge >= 0.3 is 0 Å². The normalized spacial score (nSPS) is 11.7. The van der Waals surface area contributed by atoms with Crippen LogP contribution in [-0.2, 0) is 15.6 Å². The van der Waals surface area contributed by atoms with Crippen molar-refractivity contribution >= 4 is 20.9 Å². The van der Waals surface area contributed by atoms with E-state index < -0.39 is 21.4 Å². The summed E-state index contributed by atoms with van der Waals surface area (Å²) in [5, 5.41) is 0. The smallest absolute Gasteiger partial charge is 0.182 e. The van der Waals surface area contributed by atoms with Crippen molar-refractivity contribution in [3.8, 4) is 11.5 Å². The highest BCUT2D eigenvalue weighted by atomic mass is 32.2. The van der Waals surface area contributed by atoms with Gasteiger partial charge in [-0.3, -0.25) is 4.98 Å². The van der Waals surface area contributed by atoms with E-state index in [1.807, 2.05) is 12.1 Å². The van der Waals surface area contributed by atoms with Gasteiger partial charge in [-0.2, -0.15) is 0 Å². The van der Waals surface area contributed by atoms with E-state index in [1.165, 1.54) is 30.3 Å². The molecule has 0 unspecified atom stereocenters. The molecule has 0 saturated carbocycles. The number of pyridine rings is 1. The Bertz CT molecular complexity index is 1190. The number of aromatic nitrogens is 3. The molecular weight excluding hydrogens is 353 g/mol. The first-order chi connectivity index (χ1) is 12.5. The summed E-state index contributed by atoms with van der Waals surface area (Å²) >= 11 is 0. The van der Waals surface area contributed by atoms with Gasteiger partial charge in [0.1, 0.15) is 11.5 Å². The van der Waals surface area contributed by atoms with Crippen LogP contribution in [0.4, 0.5) is 4.39 Å². The van der Waals surface area contributed by atoms with Gasteiger partial charge in [-0.15, -0.1) is 0 Å². The highest BCUT2D eigenvalue weighted by molar-refractivity contribution is 7.90. The summed E-state index contributed by atoms with van der Waals surface area (Å²) in [5.41, 5.74) is 2.03. The molecule has 2 aromatic carbocycles. The monoisotopic (exact) mass is 367 g/mol. The lowest BCUT2D eigenvalue weighted by Crippen LogP contribution is -2.06. The van der Waals surface area contributed by atoms with Crippen molar-refractivity contribution in [1.29, 1.82) is 0 Å². The summed E-state index contributed by atoms with van der Waals surface area (Å²) < 4.78 is 39.1. The summed E-state index contributed by atoms with van der Waals surface area (Å²) in [6.07, 6.45) is 1.66. The van der Waals surface area contributed by atoms with Gasteiger partial charge in [0, 0.05) is 11.8 Å². The Kier molecular flexibility index (Phi) is 4.00. The molecule has 26 heavy (non-hydrogen) atoms. The third-order valence-electron chi connectivity index (χ3n) is 4.02. The van der Waals surface area contributed by atoms with Crippen molar-refractivity contribution in [2.75, 3.05) is 0 Å². The van der Waals surface area contributed by atoms with Crippen molar-refractivity contribution in [3.63, 3.8) is 0 Å². The average Bonchev–Trinajstić information content (AvgIpc) is 3.07. The fourth-order valence-electron chi connectivity index (χ4n) is 2.71. The topological polar surface area (TPSA) is 75.7 Å². The predicted molar refractivity (Wildman–Crippen MR) is 96.6 cm³/mol. The number of rotatable bonds is 4. The molecule has 4 rings (SSSR count). The highest BCUT2D eigenvalue weighted by Crippen LogP contribution is 2.24. The number of halogens is 1. The molecule has 0 aliphatic heterocycles. The van der Waals surface area contributed by atoms with Gasteiger partial charge in [-0.25, -0.2) is 17.8 Å². The number of sulfone groups is 1. The lowest BCUT2D eigenvalue weighted by atomic mass is 10.2. The van der Waals surface area contributed by atoms with Crippen molar-refractivity contribution in [2.24, 2.45) is 0 Å². The van der Waals surface area contributed by atoms with Crippen LogP contribution in [0, 0.1) is 5.82 Å². The Labute approximate surface area is 149 Å². The van der Waals surface area contributed by atoms with Crippen LogP contribution in [-0.4, -0.2) is 23.4 Å². The van der Waals surface area contributed by atoms with Crippen LogP contribution in [0.2, 0.25) is 0 Å². The molecule has 2 heterocycles. The zero-order chi connectivity index (χ0) is 18.1. The fraction of sp³-hybridized carbons (Fsp3) is 0.0526. The maximum atomic E-state index is 13.8. The molecule has 7 heteroatoms. The first-order valence-corrected chi connectivity index (χ1v) is 9.55. The molecule has 0 bridgehead atoms. The Morgan fingerprint density at radius 3 is 2.58 bits per heavy atom. The number of fused-ring (bicyclic) bond motifs is 1. The third-order valence-corrected chi connectivity index (χ3v) is 5.69. The van der Waals surface area contributed by atoms with E-state index in [0.29, 0.717) is 22.6 Å². The van der Waals surface area contributed by atoms with Crippen LogP contribution in [0.15, 0.2) is 71.8 Å². The minimum Gasteiger partial charge on any atom is -0.337 e. The maximum Gasteiger partial charge on any atom is 0.182 e. The van der Waals surface area contributed by atoms with Gasteiger partial charge in [0.15, 0.2) is 15.7 Å². The van der Waals surface area contributed by atoms with Crippen molar-refractivity contribution in [2.45, 2.75) is 10.6 Å². The zero-order valence-electron chi connectivity index (χ0n) is 13.6. The van der Waals surface area contributed by atoms with E-state index in [4.69, 9.17) is 0 Å². The second-order valence-corrected chi connectivity index (χ2v) is 7.82. The lowest BCUT2D eigenvalue weighted by Gasteiger charge is -2.05. The minimum atomic E-state index is -3.69. The van der Waals surface area contributed by atoms with E-state index in [0.717, 1.165) is 0 Å². The number of nitrogens with zero attached hydrogens (tertiary/aromatic N) is 2. The molecule has 0 saturated heterocycles. The number of imidazole rings is 1.